The monoisotopic (exact) mass is 586 g/mol. The van der Waals surface area contributed by atoms with Crippen LogP contribution in [0, 0.1) is 10.8 Å². The van der Waals surface area contributed by atoms with Gasteiger partial charge in [-0.3, -0.25) is 9.59 Å². The second kappa shape index (κ2) is 12.2. The molecule has 0 spiro atoms. The van der Waals surface area contributed by atoms with Crippen molar-refractivity contribution in [1.29, 1.82) is 0 Å². The SMILES string of the molecule is CCC(C)(CC(C)(CC)C(=O)OC(O)C(=O)OC(C(F)(F)F)C(F)(F)F)C(=O)OCC(F)(F)CC(F)(F)F. The standard InChI is InChI=1S/C20H25F11O7/c1-5-15(3,13(34)36-9-17(21,22)8-18(23,24)25)7-16(4,6-2)14(35)38-11(33)10(32)37-12(19(26,27)28)20(29,30)31/h11-12,33H,5-9H2,1-4H3. The molecule has 0 saturated carbocycles. The minimum atomic E-state index is -6.13. The summed E-state index contributed by atoms with van der Waals surface area (Å²) in [7, 11) is 0. The van der Waals surface area contributed by atoms with Crippen LogP contribution in [0.15, 0.2) is 0 Å². The van der Waals surface area contributed by atoms with Gasteiger partial charge in [0.1, 0.15) is 6.42 Å². The second-order valence-corrected chi connectivity index (χ2v) is 8.89. The Kier molecular flexibility index (Phi) is 11.4. The summed E-state index contributed by atoms with van der Waals surface area (Å²) >= 11 is 0. The fraction of sp³-hybridized carbons (Fsp3) is 0.850. The predicted octanol–water partition coefficient (Wildman–Crippen LogP) is 5.24. The van der Waals surface area contributed by atoms with E-state index in [-0.39, 0.29) is 12.8 Å². The third-order valence-electron chi connectivity index (χ3n) is 5.45. The highest BCUT2D eigenvalue weighted by molar-refractivity contribution is 5.83. The van der Waals surface area contributed by atoms with Crippen LogP contribution in [0.3, 0.4) is 0 Å². The first-order chi connectivity index (χ1) is 16.7. The number of esters is 3. The molecule has 0 bridgehead atoms. The second-order valence-electron chi connectivity index (χ2n) is 8.89. The van der Waals surface area contributed by atoms with E-state index in [1.54, 1.807) is 0 Å². The zero-order valence-electron chi connectivity index (χ0n) is 20.2. The average Bonchev–Trinajstić information content (AvgIpc) is 2.71. The van der Waals surface area contributed by atoms with Gasteiger partial charge < -0.3 is 19.3 Å². The number of carbonyl (C=O) groups is 3. The van der Waals surface area contributed by atoms with Gasteiger partial charge in [-0.15, -0.1) is 0 Å². The first kappa shape index (κ1) is 35.6. The van der Waals surface area contributed by atoms with Crippen molar-refractivity contribution in [3.05, 3.63) is 0 Å². The molecule has 7 nitrogen and oxygen atoms in total. The van der Waals surface area contributed by atoms with Crippen LogP contribution in [0.25, 0.3) is 0 Å². The Morgan fingerprint density at radius 1 is 0.711 bits per heavy atom. The molecule has 18 heteroatoms. The van der Waals surface area contributed by atoms with E-state index < -0.39 is 85.0 Å². The lowest BCUT2D eigenvalue weighted by atomic mass is 9.70. The van der Waals surface area contributed by atoms with Gasteiger partial charge >= 0.3 is 36.4 Å². The molecular weight excluding hydrogens is 561 g/mol. The van der Waals surface area contributed by atoms with E-state index in [4.69, 9.17) is 0 Å². The molecule has 0 aromatic heterocycles. The van der Waals surface area contributed by atoms with E-state index in [0.29, 0.717) is 0 Å². The number of aliphatic hydroxyl groups is 1. The van der Waals surface area contributed by atoms with Crippen LogP contribution in [-0.4, -0.2) is 66.5 Å². The Labute approximate surface area is 208 Å². The smallest absolute Gasteiger partial charge is 0.434 e. The molecule has 0 aromatic carbocycles. The van der Waals surface area contributed by atoms with Crippen LogP contribution in [0.5, 0.6) is 0 Å². The van der Waals surface area contributed by atoms with Crippen LogP contribution in [0.1, 0.15) is 53.4 Å². The Morgan fingerprint density at radius 3 is 1.50 bits per heavy atom. The third kappa shape index (κ3) is 10.8. The van der Waals surface area contributed by atoms with Gasteiger partial charge in [0.05, 0.1) is 10.8 Å². The largest absolute Gasteiger partial charge is 0.459 e. The van der Waals surface area contributed by atoms with Crippen LogP contribution in [0.2, 0.25) is 0 Å². The van der Waals surface area contributed by atoms with Crippen molar-refractivity contribution in [1.82, 2.24) is 0 Å². The van der Waals surface area contributed by atoms with E-state index in [0.717, 1.165) is 13.8 Å². The maximum Gasteiger partial charge on any atom is 0.434 e. The topological polar surface area (TPSA) is 99.1 Å². The van der Waals surface area contributed by atoms with Gasteiger partial charge in [0.15, 0.2) is 6.61 Å². The van der Waals surface area contributed by atoms with Gasteiger partial charge in [-0.1, -0.05) is 13.8 Å². The molecule has 0 radical (unpaired) electrons. The summed E-state index contributed by atoms with van der Waals surface area (Å²) in [6.45, 7) is 2.71. The summed E-state index contributed by atoms with van der Waals surface area (Å²) < 4.78 is 151. The van der Waals surface area contributed by atoms with E-state index in [1.165, 1.54) is 13.8 Å². The van der Waals surface area contributed by atoms with E-state index in [9.17, 15) is 67.8 Å². The predicted molar refractivity (Wildman–Crippen MR) is 102 cm³/mol. The molecule has 0 heterocycles. The number of hydrogen-bond acceptors (Lipinski definition) is 7. The number of aliphatic hydroxyl groups excluding tert-OH is 1. The number of halogens is 11. The number of alkyl halides is 11. The first-order valence-corrected chi connectivity index (χ1v) is 10.6. The number of ether oxygens (including phenoxy) is 3. The highest BCUT2D eigenvalue weighted by atomic mass is 19.4. The van der Waals surface area contributed by atoms with Gasteiger partial charge in [-0.25, -0.2) is 13.6 Å². The molecule has 0 rings (SSSR count). The molecule has 0 fully saturated rings. The van der Waals surface area contributed by atoms with E-state index >= 15 is 0 Å². The fourth-order valence-electron chi connectivity index (χ4n) is 3.02. The Balaban J connectivity index is 5.57. The molecule has 0 amide bonds. The summed E-state index contributed by atoms with van der Waals surface area (Å²) in [5.74, 6) is -10.2. The van der Waals surface area contributed by atoms with Crippen molar-refractivity contribution in [2.75, 3.05) is 6.61 Å². The van der Waals surface area contributed by atoms with Gasteiger partial charge in [-0.2, -0.15) is 39.5 Å². The van der Waals surface area contributed by atoms with Gasteiger partial charge in [0, 0.05) is 0 Å². The zero-order valence-corrected chi connectivity index (χ0v) is 20.2. The highest BCUT2D eigenvalue weighted by Crippen LogP contribution is 2.42. The Hall–Kier alpha value is -2.40. The molecule has 0 saturated heterocycles. The van der Waals surface area contributed by atoms with Crippen LogP contribution < -0.4 is 0 Å². The maximum absolute atomic E-state index is 13.5. The van der Waals surface area contributed by atoms with Crippen molar-refractivity contribution < 1.29 is 82.0 Å². The first-order valence-electron chi connectivity index (χ1n) is 10.6. The lowest BCUT2D eigenvalue weighted by Crippen LogP contribution is -2.48. The van der Waals surface area contributed by atoms with Crippen molar-refractivity contribution in [3.8, 4) is 0 Å². The van der Waals surface area contributed by atoms with Crippen molar-refractivity contribution in [2.24, 2.45) is 10.8 Å². The quantitative estimate of drug-likeness (QED) is 0.145. The molecule has 224 valence electrons. The summed E-state index contributed by atoms with van der Waals surface area (Å²) in [6, 6.07) is 0. The fourth-order valence-corrected chi connectivity index (χ4v) is 3.02. The third-order valence-corrected chi connectivity index (χ3v) is 5.45. The van der Waals surface area contributed by atoms with Crippen LogP contribution >= 0.6 is 0 Å². The number of rotatable bonds is 12. The van der Waals surface area contributed by atoms with E-state index in [1.807, 2.05) is 0 Å². The molecular formula is C20H25F11O7. The van der Waals surface area contributed by atoms with Crippen LogP contribution in [-0.2, 0) is 28.6 Å². The summed E-state index contributed by atoms with van der Waals surface area (Å²) in [5.41, 5.74) is -3.80. The van der Waals surface area contributed by atoms with Gasteiger partial charge in [-0.05, 0) is 33.1 Å². The molecule has 38 heavy (non-hydrogen) atoms. The Bertz CT molecular complexity index is 825. The van der Waals surface area contributed by atoms with E-state index in [2.05, 4.69) is 14.2 Å². The normalized spacial score (nSPS) is 17.3. The minimum Gasteiger partial charge on any atom is -0.459 e. The summed E-state index contributed by atoms with van der Waals surface area (Å²) in [4.78, 5) is 36.5. The molecule has 0 aliphatic heterocycles. The maximum atomic E-state index is 13.5. The summed E-state index contributed by atoms with van der Waals surface area (Å²) in [5, 5.41) is 9.54. The lowest BCUT2D eigenvalue weighted by Gasteiger charge is -2.36. The highest BCUT2D eigenvalue weighted by Gasteiger charge is 2.60. The molecule has 3 atom stereocenters. The van der Waals surface area contributed by atoms with Gasteiger partial charge in [0.25, 0.3) is 18.3 Å². The van der Waals surface area contributed by atoms with Crippen LogP contribution in [0.4, 0.5) is 48.3 Å². The molecule has 1 N–H and O–H groups in total. The molecule has 0 aliphatic rings. The lowest BCUT2D eigenvalue weighted by molar-refractivity contribution is -0.317. The molecule has 0 aliphatic carbocycles. The van der Waals surface area contributed by atoms with Crippen molar-refractivity contribution in [2.45, 2.75) is 90.2 Å². The number of carbonyl (C=O) groups excluding carboxylic acids is 3. The van der Waals surface area contributed by atoms with Gasteiger partial charge in [0.2, 0.25) is 0 Å². The Morgan fingerprint density at radius 2 is 1.13 bits per heavy atom. The van der Waals surface area contributed by atoms with Crippen molar-refractivity contribution in [3.63, 3.8) is 0 Å². The molecule has 3 unspecified atom stereocenters. The number of hydrogen-bond donors (Lipinski definition) is 1. The minimum absolute atomic E-state index is 0.261. The average molecular weight is 586 g/mol. The summed E-state index contributed by atoms with van der Waals surface area (Å²) in [6.07, 6.45) is -29.3. The zero-order chi connectivity index (χ0) is 30.5. The molecule has 0 aromatic rings. The van der Waals surface area contributed by atoms with Crippen molar-refractivity contribution >= 4 is 17.9 Å².